The van der Waals surface area contributed by atoms with Crippen LogP contribution in [0.5, 0.6) is 0 Å². The minimum absolute atomic E-state index is 0.0413. The second-order valence-electron chi connectivity index (χ2n) is 16.9. The van der Waals surface area contributed by atoms with Crippen molar-refractivity contribution in [3.05, 3.63) is 59.4 Å². The number of methoxy groups -OCH3 is 2. The van der Waals surface area contributed by atoms with E-state index in [1.165, 1.54) is 20.3 Å². The van der Waals surface area contributed by atoms with Crippen molar-refractivity contribution in [3.63, 3.8) is 0 Å². The molecular weight excluding hydrogens is 736 g/mol. The first-order valence-corrected chi connectivity index (χ1v) is 20.4. The zero-order valence-electron chi connectivity index (χ0n) is 36.0. The fraction of sp³-hybridized carbons (Fsp3) is 0.750. The van der Waals surface area contributed by atoms with Crippen LogP contribution in [-0.2, 0) is 33.2 Å². The van der Waals surface area contributed by atoms with Crippen molar-refractivity contribution < 1.29 is 63.9 Å². The summed E-state index contributed by atoms with van der Waals surface area (Å²) in [7, 11) is 2.82. The maximum absolute atomic E-state index is 13.9. The van der Waals surface area contributed by atoms with Gasteiger partial charge in [0.25, 0.3) is 0 Å². The Morgan fingerprint density at radius 1 is 0.982 bits per heavy atom. The first-order valence-electron chi connectivity index (χ1n) is 20.4. The number of aliphatic hydroxyl groups excluding tert-OH is 5. The minimum atomic E-state index is -1.93. The van der Waals surface area contributed by atoms with Gasteiger partial charge in [-0.25, -0.2) is 4.79 Å². The zero-order chi connectivity index (χ0) is 42.9. The molecular formula is C44H72O13. The van der Waals surface area contributed by atoms with Crippen molar-refractivity contribution >= 4 is 5.97 Å². The van der Waals surface area contributed by atoms with Gasteiger partial charge in [-0.05, 0) is 46.1 Å². The first-order chi connectivity index (χ1) is 26.7. The third-order valence-corrected chi connectivity index (χ3v) is 12.3. The smallest absolute Gasteiger partial charge is 0.373 e. The fourth-order valence-corrected chi connectivity index (χ4v) is 8.34. The zero-order valence-corrected chi connectivity index (χ0v) is 36.0. The Morgan fingerprint density at radius 2 is 1.65 bits per heavy atom. The van der Waals surface area contributed by atoms with Crippen molar-refractivity contribution in [2.45, 2.75) is 162 Å². The van der Waals surface area contributed by atoms with Gasteiger partial charge in [0, 0.05) is 49.5 Å². The number of ether oxygens (including phenoxy) is 6. The lowest BCUT2D eigenvalue weighted by atomic mass is 9.77. The van der Waals surface area contributed by atoms with Crippen molar-refractivity contribution in [2.75, 3.05) is 14.2 Å². The van der Waals surface area contributed by atoms with E-state index in [1.807, 2.05) is 65.8 Å². The number of rotatable bonds is 9. The molecule has 2 saturated heterocycles. The highest BCUT2D eigenvalue weighted by Crippen LogP contribution is 2.42. The van der Waals surface area contributed by atoms with Gasteiger partial charge >= 0.3 is 5.97 Å². The molecule has 0 aromatic carbocycles. The lowest BCUT2D eigenvalue weighted by molar-refractivity contribution is -0.339. The fourth-order valence-electron chi connectivity index (χ4n) is 8.34. The second-order valence-corrected chi connectivity index (χ2v) is 16.9. The standard InChI is InChI=1S/C44H72O13/c1-13-15-33-27(6)36(55-37-21-32(45)41(49)31(10)54-37)22-44(51,57-33)30(9)40(48)29(8)42-34(52-11)17-14-16-23(2)18-25(4)38(46)28(7)39(47)26(5)19-24(3)20-35(53-12)43(50)56-42/h13-17,19-20,25-34,36-42,45-49,51H,18,21-22H2,1-12H3/b15-13+,17-14-,23-16-,24-19-,35-20+/t25?,26?,27?,28?,29?,30?,31-,32-,33?,34?,36?,37-,38?,39?,40?,41-,42?,44?/m1/s1. The molecule has 18 atom stereocenters. The molecule has 326 valence electrons. The molecule has 14 unspecified atom stereocenters. The summed E-state index contributed by atoms with van der Waals surface area (Å²) >= 11 is 0. The van der Waals surface area contributed by atoms with E-state index in [-0.39, 0.29) is 36.4 Å². The Balaban J connectivity index is 2.01. The molecule has 0 amide bonds. The number of esters is 1. The van der Waals surface area contributed by atoms with E-state index in [2.05, 4.69) is 0 Å². The largest absolute Gasteiger partial charge is 0.490 e. The van der Waals surface area contributed by atoms with Crippen molar-refractivity contribution in [3.8, 4) is 0 Å². The molecule has 3 aliphatic heterocycles. The third-order valence-electron chi connectivity index (χ3n) is 12.3. The van der Waals surface area contributed by atoms with Crippen LogP contribution in [0.4, 0.5) is 0 Å². The van der Waals surface area contributed by atoms with E-state index < -0.39 is 96.8 Å². The van der Waals surface area contributed by atoms with Gasteiger partial charge in [0.05, 0.1) is 49.8 Å². The molecule has 13 heteroatoms. The molecule has 0 saturated carbocycles. The van der Waals surface area contributed by atoms with E-state index in [0.717, 1.165) is 5.57 Å². The highest BCUT2D eigenvalue weighted by atomic mass is 16.7. The molecule has 3 aliphatic rings. The topological polar surface area (TPSA) is 194 Å². The van der Waals surface area contributed by atoms with Crippen LogP contribution in [0.25, 0.3) is 0 Å². The third kappa shape index (κ3) is 12.5. The number of aliphatic hydroxyl groups is 6. The Labute approximate surface area is 340 Å². The van der Waals surface area contributed by atoms with Gasteiger partial charge in [-0.15, -0.1) is 0 Å². The molecule has 0 radical (unpaired) electrons. The monoisotopic (exact) mass is 808 g/mol. The summed E-state index contributed by atoms with van der Waals surface area (Å²) in [5, 5.41) is 67.3. The summed E-state index contributed by atoms with van der Waals surface area (Å²) in [4.78, 5) is 13.9. The maximum Gasteiger partial charge on any atom is 0.373 e. The molecule has 3 heterocycles. The summed E-state index contributed by atoms with van der Waals surface area (Å²) < 4.78 is 36.1. The van der Waals surface area contributed by atoms with E-state index in [1.54, 1.807) is 39.8 Å². The lowest BCUT2D eigenvalue weighted by Crippen LogP contribution is -2.59. The summed E-state index contributed by atoms with van der Waals surface area (Å²) in [6.07, 6.45) is 3.15. The van der Waals surface area contributed by atoms with Crippen molar-refractivity contribution in [1.29, 1.82) is 0 Å². The van der Waals surface area contributed by atoms with Gasteiger partial charge < -0.3 is 59.1 Å². The Hall–Kier alpha value is -2.43. The quantitative estimate of drug-likeness (QED) is 0.141. The molecule has 2 fully saturated rings. The molecule has 57 heavy (non-hydrogen) atoms. The molecule has 6 N–H and O–H groups in total. The molecule has 0 spiro atoms. The van der Waals surface area contributed by atoms with Crippen LogP contribution in [0.2, 0.25) is 0 Å². The van der Waals surface area contributed by atoms with Crippen LogP contribution >= 0.6 is 0 Å². The van der Waals surface area contributed by atoms with Crippen LogP contribution < -0.4 is 0 Å². The van der Waals surface area contributed by atoms with Gasteiger partial charge in [0.2, 0.25) is 5.76 Å². The predicted octanol–water partition coefficient (Wildman–Crippen LogP) is 4.49. The molecule has 0 aromatic rings. The van der Waals surface area contributed by atoms with E-state index in [0.29, 0.717) is 12.0 Å². The first kappa shape index (κ1) is 48.9. The SMILES string of the molecule is C/C=C/C1OC(O)(C(C)C(O)C(C)C2OC(=O)/C(OC)=C\C(C)=C/C(C)C(O)C(C)C(O)C(C)C/C(C)=C\C=C/C2OC)CC(O[C@@H]2C[C@@H](O)[C@H](O)[C@@H](C)O2)C1C. The lowest BCUT2D eigenvalue weighted by Gasteiger charge is -2.49. The average molecular weight is 809 g/mol. The molecule has 0 aromatic heterocycles. The van der Waals surface area contributed by atoms with Crippen molar-refractivity contribution in [1.82, 2.24) is 0 Å². The molecule has 13 nitrogen and oxygen atoms in total. The number of carbonyl (C=O) groups is 1. The maximum atomic E-state index is 13.9. The Bertz CT molecular complexity index is 1430. The summed E-state index contributed by atoms with van der Waals surface area (Å²) in [5.74, 6) is -5.84. The number of hydrogen-bond donors (Lipinski definition) is 6. The average Bonchev–Trinajstić information content (AvgIpc) is 3.16. The number of carbonyl (C=O) groups excluding carboxylic acids is 1. The van der Waals surface area contributed by atoms with Crippen LogP contribution in [0, 0.1) is 35.5 Å². The summed E-state index contributed by atoms with van der Waals surface area (Å²) in [6.45, 7) is 18.1. The van der Waals surface area contributed by atoms with Crippen molar-refractivity contribution in [2.24, 2.45) is 35.5 Å². The summed E-state index contributed by atoms with van der Waals surface area (Å²) in [6, 6.07) is 0. The van der Waals surface area contributed by atoms with Gasteiger partial charge in [-0.2, -0.15) is 0 Å². The Kier molecular flexibility index (Phi) is 18.6. The van der Waals surface area contributed by atoms with Crippen LogP contribution in [0.1, 0.15) is 88.5 Å². The van der Waals surface area contributed by atoms with Gasteiger partial charge in [-0.3, -0.25) is 0 Å². The van der Waals surface area contributed by atoms with E-state index in [9.17, 15) is 35.4 Å². The van der Waals surface area contributed by atoms with E-state index in [4.69, 9.17) is 28.4 Å². The van der Waals surface area contributed by atoms with Gasteiger partial charge in [-0.1, -0.05) is 89.1 Å². The van der Waals surface area contributed by atoms with Crippen LogP contribution in [0.15, 0.2) is 59.4 Å². The molecule has 0 bridgehead atoms. The highest BCUT2D eigenvalue weighted by molar-refractivity contribution is 5.87. The Morgan fingerprint density at radius 3 is 2.25 bits per heavy atom. The number of hydrogen-bond acceptors (Lipinski definition) is 13. The van der Waals surface area contributed by atoms with E-state index >= 15 is 0 Å². The predicted molar refractivity (Wildman–Crippen MR) is 215 cm³/mol. The van der Waals surface area contributed by atoms with Crippen LogP contribution in [-0.4, -0.2) is 124 Å². The van der Waals surface area contributed by atoms with Gasteiger partial charge in [0.15, 0.2) is 12.1 Å². The minimum Gasteiger partial charge on any atom is -0.490 e. The highest BCUT2D eigenvalue weighted by Gasteiger charge is 2.52. The second kappa shape index (κ2) is 21.7. The number of cyclic esters (lactones) is 1. The van der Waals surface area contributed by atoms with Crippen LogP contribution in [0.3, 0.4) is 0 Å². The molecule has 0 aliphatic carbocycles. The normalized spacial score (nSPS) is 44.5. The number of allylic oxidation sites excluding steroid dienone is 6. The molecule has 3 rings (SSSR count). The summed E-state index contributed by atoms with van der Waals surface area (Å²) in [5.41, 5.74) is 1.60. The van der Waals surface area contributed by atoms with Gasteiger partial charge in [0.1, 0.15) is 18.3 Å².